The Bertz CT molecular complexity index is 697. The number of rotatable bonds is 5. The van der Waals surface area contributed by atoms with E-state index in [0.717, 1.165) is 50.3 Å². The number of piperazine rings is 1. The lowest BCUT2D eigenvalue weighted by Gasteiger charge is -2.35. The van der Waals surface area contributed by atoms with E-state index in [9.17, 15) is 9.18 Å². The van der Waals surface area contributed by atoms with Crippen molar-refractivity contribution in [3.63, 3.8) is 0 Å². The number of hydrogen-bond donors (Lipinski definition) is 1. The van der Waals surface area contributed by atoms with Gasteiger partial charge in [0.15, 0.2) is 0 Å². The van der Waals surface area contributed by atoms with Crippen LogP contribution in [0.15, 0.2) is 54.6 Å². The van der Waals surface area contributed by atoms with Crippen LogP contribution in [-0.2, 0) is 6.42 Å². The predicted octanol–water partition coefficient (Wildman–Crippen LogP) is 3.46. The summed E-state index contributed by atoms with van der Waals surface area (Å²) in [6.07, 6.45) is 0.900. The Morgan fingerprint density at radius 3 is 2.35 bits per heavy atom. The van der Waals surface area contributed by atoms with Crippen LogP contribution in [0.4, 0.5) is 9.18 Å². The van der Waals surface area contributed by atoms with Crippen LogP contribution in [0.5, 0.6) is 0 Å². The Morgan fingerprint density at radius 2 is 1.69 bits per heavy atom. The van der Waals surface area contributed by atoms with Crippen molar-refractivity contribution in [1.29, 1.82) is 0 Å². The van der Waals surface area contributed by atoms with E-state index in [0.29, 0.717) is 0 Å². The second kappa shape index (κ2) is 8.81. The van der Waals surface area contributed by atoms with E-state index in [1.165, 1.54) is 12.1 Å². The Hall–Kier alpha value is -2.40. The molecule has 0 spiro atoms. The van der Waals surface area contributed by atoms with Gasteiger partial charge in [-0.3, -0.25) is 4.90 Å². The van der Waals surface area contributed by atoms with Gasteiger partial charge in [-0.1, -0.05) is 42.5 Å². The lowest BCUT2D eigenvalue weighted by atomic mass is 10.1. The van der Waals surface area contributed by atoms with Crippen molar-refractivity contribution in [2.45, 2.75) is 19.4 Å². The highest BCUT2D eigenvalue weighted by Crippen LogP contribution is 2.13. The third-order valence-electron chi connectivity index (χ3n) is 4.93. The maximum absolute atomic E-state index is 12.9. The van der Waals surface area contributed by atoms with Gasteiger partial charge in [0.25, 0.3) is 0 Å². The lowest BCUT2D eigenvalue weighted by Crippen LogP contribution is -2.52. The van der Waals surface area contributed by atoms with Crippen molar-refractivity contribution < 1.29 is 9.18 Å². The van der Waals surface area contributed by atoms with Crippen LogP contribution in [0.2, 0.25) is 0 Å². The largest absolute Gasteiger partial charge is 0.331 e. The summed E-state index contributed by atoms with van der Waals surface area (Å²) in [5.74, 6) is -0.196. The van der Waals surface area contributed by atoms with Gasteiger partial charge in [-0.15, -0.1) is 0 Å². The average molecular weight is 355 g/mol. The minimum atomic E-state index is -0.196. The number of nitrogens with zero attached hydrogens (tertiary/aromatic N) is 2. The van der Waals surface area contributed by atoms with Gasteiger partial charge in [-0.25, -0.2) is 9.18 Å². The summed E-state index contributed by atoms with van der Waals surface area (Å²) >= 11 is 0. The number of amides is 2. The fourth-order valence-corrected chi connectivity index (χ4v) is 3.21. The van der Waals surface area contributed by atoms with Gasteiger partial charge in [0.1, 0.15) is 5.82 Å². The Morgan fingerprint density at radius 1 is 1.04 bits per heavy atom. The maximum atomic E-state index is 12.9. The predicted molar refractivity (Wildman–Crippen MR) is 102 cm³/mol. The molecule has 1 N–H and O–H groups in total. The molecule has 4 nitrogen and oxygen atoms in total. The van der Waals surface area contributed by atoms with E-state index >= 15 is 0 Å². The minimum absolute atomic E-state index is 0.000190. The van der Waals surface area contributed by atoms with Gasteiger partial charge in [0.2, 0.25) is 0 Å². The smallest absolute Gasteiger partial charge is 0.317 e. The van der Waals surface area contributed by atoms with Gasteiger partial charge in [0.05, 0.1) is 6.04 Å². The number of carbonyl (C=O) groups is 1. The number of nitrogens with one attached hydrogen (secondary N) is 1. The van der Waals surface area contributed by atoms with E-state index < -0.39 is 0 Å². The first-order chi connectivity index (χ1) is 12.6. The molecule has 3 rings (SSSR count). The van der Waals surface area contributed by atoms with Crippen LogP contribution in [0, 0.1) is 5.82 Å². The summed E-state index contributed by atoms with van der Waals surface area (Å²) < 4.78 is 12.9. The van der Waals surface area contributed by atoms with Crippen molar-refractivity contribution in [2.24, 2.45) is 0 Å². The molecule has 1 heterocycles. The minimum Gasteiger partial charge on any atom is -0.331 e. The van der Waals surface area contributed by atoms with Crippen LogP contribution in [-0.4, -0.2) is 48.6 Å². The molecule has 26 heavy (non-hydrogen) atoms. The van der Waals surface area contributed by atoms with Gasteiger partial charge >= 0.3 is 6.03 Å². The van der Waals surface area contributed by atoms with Crippen molar-refractivity contribution in [2.75, 3.05) is 32.7 Å². The Balaban J connectivity index is 1.41. The molecule has 1 unspecified atom stereocenters. The molecule has 0 aromatic heterocycles. The number of urea groups is 1. The first kappa shape index (κ1) is 18.4. The lowest BCUT2D eigenvalue weighted by molar-refractivity contribution is 0.138. The van der Waals surface area contributed by atoms with Gasteiger partial charge in [0, 0.05) is 32.7 Å². The maximum Gasteiger partial charge on any atom is 0.317 e. The molecule has 138 valence electrons. The zero-order valence-electron chi connectivity index (χ0n) is 15.2. The highest BCUT2D eigenvalue weighted by molar-refractivity contribution is 5.74. The molecule has 1 aliphatic heterocycles. The molecule has 1 atom stereocenters. The van der Waals surface area contributed by atoms with Crippen LogP contribution in [0.3, 0.4) is 0 Å². The summed E-state index contributed by atoms with van der Waals surface area (Å²) in [7, 11) is 0. The summed E-state index contributed by atoms with van der Waals surface area (Å²) in [5.41, 5.74) is 2.25. The van der Waals surface area contributed by atoms with Gasteiger partial charge in [-0.2, -0.15) is 0 Å². The highest BCUT2D eigenvalue weighted by atomic mass is 19.1. The molecule has 0 aliphatic carbocycles. The third kappa shape index (κ3) is 5.05. The number of halogens is 1. The van der Waals surface area contributed by atoms with Gasteiger partial charge in [-0.05, 0) is 36.6 Å². The summed E-state index contributed by atoms with van der Waals surface area (Å²) in [4.78, 5) is 16.7. The van der Waals surface area contributed by atoms with E-state index in [2.05, 4.69) is 10.2 Å². The molecule has 2 aromatic rings. The fraction of sp³-hybridized carbons (Fsp3) is 0.381. The molecule has 0 saturated carbocycles. The zero-order valence-corrected chi connectivity index (χ0v) is 15.2. The fourth-order valence-electron chi connectivity index (χ4n) is 3.21. The van der Waals surface area contributed by atoms with Crippen LogP contribution in [0.1, 0.15) is 24.1 Å². The third-order valence-corrected chi connectivity index (χ3v) is 4.93. The van der Waals surface area contributed by atoms with E-state index in [1.807, 2.05) is 54.3 Å². The monoisotopic (exact) mass is 355 g/mol. The van der Waals surface area contributed by atoms with Crippen LogP contribution < -0.4 is 5.32 Å². The molecular weight excluding hydrogens is 329 g/mol. The van der Waals surface area contributed by atoms with Crippen LogP contribution in [0.25, 0.3) is 0 Å². The first-order valence-corrected chi connectivity index (χ1v) is 9.19. The second-order valence-electron chi connectivity index (χ2n) is 6.79. The Labute approximate surface area is 154 Å². The molecule has 1 fully saturated rings. The summed E-state index contributed by atoms with van der Waals surface area (Å²) in [6.45, 7) is 6.14. The standard InChI is InChI=1S/C21H26FN3O/c1-17(19-5-3-2-4-6-19)23-21(26)25-15-13-24(14-16-25)12-11-18-7-9-20(22)10-8-18/h2-10,17H,11-16H2,1H3,(H,23,26). The van der Waals surface area contributed by atoms with Crippen LogP contribution >= 0.6 is 0 Å². The Kier molecular flexibility index (Phi) is 6.23. The molecule has 1 aliphatic rings. The molecule has 0 bridgehead atoms. The number of hydrogen-bond acceptors (Lipinski definition) is 2. The molecule has 0 radical (unpaired) electrons. The number of benzene rings is 2. The van der Waals surface area contributed by atoms with Crippen molar-refractivity contribution >= 4 is 6.03 Å². The van der Waals surface area contributed by atoms with E-state index in [4.69, 9.17) is 0 Å². The topological polar surface area (TPSA) is 35.6 Å². The zero-order chi connectivity index (χ0) is 18.4. The summed E-state index contributed by atoms with van der Waals surface area (Å²) in [5, 5.41) is 3.08. The van der Waals surface area contributed by atoms with Crippen molar-refractivity contribution in [3.8, 4) is 0 Å². The van der Waals surface area contributed by atoms with Crippen molar-refractivity contribution in [1.82, 2.24) is 15.1 Å². The van der Waals surface area contributed by atoms with Gasteiger partial charge < -0.3 is 10.2 Å². The molecular formula is C21H26FN3O. The SMILES string of the molecule is CC(NC(=O)N1CCN(CCc2ccc(F)cc2)CC1)c1ccccc1. The summed E-state index contributed by atoms with van der Waals surface area (Å²) in [6, 6.07) is 16.7. The number of carbonyl (C=O) groups excluding carboxylic acids is 1. The quantitative estimate of drug-likeness (QED) is 0.892. The molecule has 5 heteroatoms. The highest BCUT2D eigenvalue weighted by Gasteiger charge is 2.22. The second-order valence-corrected chi connectivity index (χ2v) is 6.79. The molecule has 1 saturated heterocycles. The first-order valence-electron chi connectivity index (χ1n) is 9.19. The molecule has 2 amide bonds. The average Bonchev–Trinajstić information content (AvgIpc) is 2.68. The van der Waals surface area contributed by atoms with E-state index in [1.54, 1.807) is 0 Å². The normalized spacial score (nSPS) is 16.3. The van der Waals surface area contributed by atoms with Crippen molar-refractivity contribution in [3.05, 3.63) is 71.5 Å². The molecule has 2 aromatic carbocycles. The van der Waals surface area contributed by atoms with E-state index in [-0.39, 0.29) is 17.9 Å².